The quantitative estimate of drug-likeness (QED) is 0.727. The minimum absolute atomic E-state index is 0.0102. The zero-order chi connectivity index (χ0) is 22.4. The summed E-state index contributed by atoms with van der Waals surface area (Å²) >= 11 is 5.93. The molecule has 1 fully saturated rings. The molecule has 1 aliphatic heterocycles. The van der Waals surface area contributed by atoms with E-state index in [2.05, 4.69) is 10.2 Å². The SMILES string of the molecule is CC(=O)Nc1ccc(CN2CCCN(C(=O)C(C)(C)Oc3ccc(Cl)cc3)CC2)cc1. The molecule has 2 aromatic carbocycles. The van der Waals surface area contributed by atoms with Gasteiger partial charge in [0.1, 0.15) is 5.75 Å². The van der Waals surface area contributed by atoms with Crippen LogP contribution in [0.5, 0.6) is 5.75 Å². The zero-order valence-corrected chi connectivity index (χ0v) is 19.1. The van der Waals surface area contributed by atoms with Gasteiger partial charge in [-0.05, 0) is 62.2 Å². The van der Waals surface area contributed by atoms with Crippen molar-refractivity contribution in [2.45, 2.75) is 39.3 Å². The Labute approximate surface area is 189 Å². The summed E-state index contributed by atoms with van der Waals surface area (Å²) in [5.74, 6) is 0.541. The predicted molar refractivity (Wildman–Crippen MR) is 123 cm³/mol. The Morgan fingerprint density at radius 2 is 1.68 bits per heavy atom. The molecule has 3 rings (SSSR count). The molecule has 0 saturated carbocycles. The van der Waals surface area contributed by atoms with Crippen LogP contribution in [0.15, 0.2) is 48.5 Å². The van der Waals surface area contributed by atoms with Gasteiger partial charge < -0.3 is 15.0 Å². The van der Waals surface area contributed by atoms with Gasteiger partial charge in [-0.15, -0.1) is 0 Å². The van der Waals surface area contributed by atoms with Gasteiger partial charge in [-0.25, -0.2) is 0 Å². The molecule has 31 heavy (non-hydrogen) atoms. The molecular weight excluding hydrogens is 414 g/mol. The van der Waals surface area contributed by atoms with Gasteiger partial charge in [-0.2, -0.15) is 0 Å². The number of rotatable bonds is 6. The zero-order valence-electron chi connectivity index (χ0n) is 18.4. The average Bonchev–Trinajstić information content (AvgIpc) is 2.95. The summed E-state index contributed by atoms with van der Waals surface area (Å²) in [4.78, 5) is 28.6. The maximum Gasteiger partial charge on any atom is 0.266 e. The number of anilines is 1. The average molecular weight is 444 g/mol. The molecule has 0 radical (unpaired) electrons. The number of benzene rings is 2. The Bertz CT molecular complexity index is 897. The lowest BCUT2D eigenvalue weighted by atomic mass is 10.1. The van der Waals surface area contributed by atoms with E-state index >= 15 is 0 Å². The molecule has 1 saturated heterocycles. The van der Waals surface area contributed by atoms with E-state index in [9.17, 15) is 9.59 Å². The lowest BCUT2D eigenvalue weighted by molar-refractivity contribution is -0.145. The maximum atomic E-state index is 13.2. The van der Waals surface area contributed by atoms with E-state index in [4.69, 9.17) is 16.3 Å². The molecule has 0 aliphatic carbocycles. The van der Waals surface area contributed by atoms with E-state index in [1.165, 1.54) is 12.5 Å². The molecule has 0 aromatic heterocycles. The summed E-state index contributed by atoms with van der Waals surface area (Å²) in [6.45, 7) is 9.03. The van der Waals surface area contributed by atoms with Gasteiger partial charge in [-0.3, -0.25) is 14.5 Å². The molecule has 0 bridgehead atoms. The highest BCUT2D eigenvalue weighted by Gasteiger charge is 2.35. The standard InChI is InChI=1S/C24H30ClN3O3/c1-18(29)26-21-9-5-19(6-10-21)17-27-13-4-14-28(16-15-27)23(30)24(2,3)31-22-11-7-20(25)8-12-22/h5-12H,4,13-17H2,1-3H3,(H,26,29). The Balaban J connectivity index is 1.55. The molecule has 1 heterocycles. The van der Waals surface area contributed by atoms with Crippen LogP contribution in [0.3, 0.4) is 0 Å². The highest BCUT2D eigenvalue weighted by atomic mass is 35.5. The van der Waals surface area contributed by atoms with Crippen LogP contribution in [0.25, 0.3) is 0 Å². The smallest absolute Gasteiger partial charge is 0.266 e. The number of hydrogen-bond acceptors (Lipinski definition) is 4. The van der Waals surface area contributed by atoms with Crippen LogP contribution < -0.4 is 10.1 Å². The molecular formula is C24H30ClN3O3. The fraction of sp³-hybridized carbons (Fsp3) is 0.417. The Morgan fingerprint density at radius 1 is 1.00 bits per heavy atom. The van der Waals surface area contributed by atoms with Crippen LogP contribution in [0.4, 0.5) is 5.69 Å². The molecule has 6 nitrogen and oxygen atoms in total. The summed E-state index contributed by atoms with van der Waals surface area (Å²) in [7, 11) is 0. The lowest BCUT2D eigenvalue weighted by Gasteiger charge is -2.32. The molecule has 166 valence electrons. The van der Waals surface area contributed by atoms with E-state index in [1.54, 1.807) is 24.3 Å². The van der Waals surface area contributed by atoms with Crippen molar-refractivity contribution in [2.24, 2.45) is 0 Å². The number of carbonyl (C=O) groups excluding carboxylic acids is 2. The number of hydrogen-bond donors (Lipinski definition) is 1. The van der Waals surface area contributed by atoms with Crippen molar-refractivity contribution in [3.63, 3.8) is 0 Å². The maximum absolute atomic E-state index is 13.2. The molecule has 2 aromatic rings. The van der Waals surface area contributed by atoms with E-state index in [0.717, 1.165) is 31.7 Å². The fourth-order valence-corrected chi connectivity index (χ4v) is 3.83. The van der Waals surface area contributed by atoms with Crippen molar-refractivity contribution in [1.82, 2.24) is 9.80 Å². The van der Waals surface area contributed by atoms with Crippen LogP contribution in [0, 0.1) is 0 Å². The highest BCUT2D eigenvalue weighted by Crippen LogP contribution is 2.23. The second-order valence-corrected chi connectivity index (χ2v) is 8.80. The van der Waals surface area contributed by atoms with Crippen molar-refractivity contribution < 1.29 is 14.3 Å². The van der Waals surface area contributed by atoms with Gasteiger partial charge in [0.15, 0.2) is 5.60 Å². The second-order valence-electron chi connectivity index (χ2n) is 8.37. The summed E-state index contributed by atoms with van der Waals surface area (Å²) < 4.78 is 5.98. The Morgan fingerprint density at radius 3 is 2.32 bits per heavy atom. The van der Waals surface area contributed by atoms with Crippen LogP contribution in [0.2, 0.25) is 5.02 Å². The molecule has 0 atom stereocenters. The van der Waals surface area contributed by atoms with Crippen LogP contribution in [0.1, 0.15) is 32.8 Å². The largest absolute Gasteiger partial charge is 0.478 e. The summed E-state index contributed by atoms with van der Waals surface area (Å²) in [5.41, 5.74) is 1.02. The number of carbonyl (C=O) groups is 2. The molecule has 7 heteroatoms. The first-order valence-corrected chi connectivity index (χ1v) is 10.9. The van der Waals surface area contributed by atoms with Gasteiger partial charge in [0.25, 0.3) is 5.91 Å². The molecule has 2 amide bonds. The first-order chi connectivity index (χ1) is 14.7. The second kappa shape index (κ2) is 10.2. The van der Waals surface area contributed by atoms with Gasteiger partial charge >= 0.3 is 0 Å². The normalized spacial score (nSPS) is 15.3. The third-order valence-electron chi connectivity index (χ3n) is 5.26. The first-order valence-electron chi connectivity index (χ1n) is 10.6. The van der Waals surface area contributed by atoms with Crippen LogP contribution >= 0.6 is 11.6 Å². The molecule has 0 unspecified atom stereocenters. The first kappa shape index (κ1) is 23.1. The summed E-state index contributed by atoms with van der Waals surface area (Å²) in [6.07, 6.45) is 0.909. The van der Waals surface area contributed by atoms with Crippen LogP contribution in [-0.4, -0.2) is 53.4 Å². The summed E-state index contributed by atoms with van der Waals surface area (Å²) in [5, 5.41) is 3.42. The van der Waals surface area contributed by atoms with E-state index in [0.29, 0.717) is 23.9 Å². The van der Waals surface area contributed by atoms with Gasteiger partial charge in [0, 0.05) is 50.4 Å². The van der Waals surface area contributed by atoms with E-state index < -0.39 is 5.60 Å². The number of amides is 2. The third kappa shape index (κ3) is 6.71. The fourth-order valence-electron chi connectivity index (χ4n) is 3.71. The van der Waals surface area contributed by atoms with Crippen LogP contribution in [-0.2, 0) is 16.1 Å². The van der Waals surface area contributed by atoms with Gasteiger partial charge in [0.2, 0.25) is 5.91 Å². The minimum Gasteiger partial charge on any atom is -0.478 e. The number of nitrogens with one attached hydrogen (secondary N) is 1. The molecule has 1 N–H and O–H groups in total. The van der Waals surface area contributed by atoms with Crippen molar-refractivity contribution in [2.75, 3.05) is 31.5 Å². The Kier molecular flexibility index (Phi) is 7.57. The van der Waals surface area contributed by atoms with Crippen molar-refractivity contribution in [1.29, 1.82) is 0 Å². The van der Waals surface area contributed by atoms with E-state index in [-0.39, 0.29) is 11.8 Å². The van der Waals surface area contributed by atoms with E-state index in [1.807, 2.05) is 43.0 Å². The van der Waals surface area contributed by atoms with Gasteiger partial charge in [-0.1, -0.05) is 23.7 Å². The molecule has 0 spiro atoms. The van der Waals surface area contributed by atoms with Crippen molar-refractivity contribution in [3.05, 3.63) is 59.1 Å². The topological polar surface area (TPSA) is 61.9 Å². The highest BCUT2D eigenvalue weighted by molar-refractivity contribution is 6.30. The predicted octanol–water partition coefficient (Wildman–Crippen LogP) is 4.19. The monoisotopic (exact) mass is 443 g/mol. The number of halogens is 1. The number of nitrogens with zero attached hydrogens (tertiary/aromatic N) is 2. The lowest BCUT2D eigenvalue weighted by Crippen LogP contribution is -2.50. The molecule has 1 aliphatic rings. The third-order valence-corrected chi connectivity index (χ3v) is 5.51. The minimum atomic E-state index is -0.956. The van der Waals surface area contributed by atoms with Crippen molar-refractivity contribution >= 4 is 29.1 Å². The Hall–Kier alpha value is -2.57. The number of ether oxygens (including phenoxy) is 1. The van der Waals surface area contributed by atoms with Crippen molar-refractivity contribution in [3.8, 4) is 5.75 Å². The summed E-state index contributed by atoms with van der Waals surface area (Å²) in [6, 6.07) is 15.0. The van der Waals surface area contributed by atoms with Gasteiger partial charge in [0.05, 0.1) is 0 Å².